The van der Waals surface area contributed by atoms with Crippen molar-refractivity contribution in [3.63, 3.8) is 0 Å². The quantitative estimate of drug-likeness (QED) is 0.518. The van der Waals surface area contributed by atoms with Crippen molar-refractivity contribution in [2.75, 3.05) is 0 Å². The largest absolute Gasteiger partial charge is 0.346 e. The van der Waals surface area contributed by atoms with Crippen molar-refractivity contribution in [1.82, 2.24) is 31.0 Å². The minimum atomic E-state index is 1.33. The molecule has 7 nitrogen and oxygen atoms in total. The van der Waals surface area contributed by atoms with E-state index in [1.807, 2.05) is 0 Å². The fourth-order valence-corrected chi connectivity index (χ4v) is 0.265. The van der Waals surface area contributed by atoms with Gasteiger partial charge in [-0.15, -0.1) is 15.3 Å². The number of hydrogen-bond acceptors (Lipinski definition) is 6. The molecule has 2 heterocycles. The maximum Gasteiger partial charge on any atom is 0.161 e. The van der Waals surface area contributed by atoms with Gasteiger partial charge in [0, 0.05) is 5.27 Å². The standard InChI is InChI=1S/C2H2N2O.CH2N4/c1-2-5-4-3-1;1-2-4-5-3-1/h1-2H;1H,(H,2,3,4,5). The van der Waals surface area contributed by atoms with Crippen molar-refractivity contribution >= 4 is 0 Å². The summed E-state index contributed by atoms with van der Waals surface area (Å²) < 4.78 is 4.22. The molecule has 0 atom stereocenters. The minimum Gasteiger partial charge on any atom is -0.346 e. The van der Waals surface area contributed by atoms with E-state index >= 15 is 0 Å². The van der Waals surface area contributed by atoms with Crippen LogP contribution in [0.15, 0.2) is 23.3 Å². The van der Waals surface area contributed by atoms with Crippen LogP contribution in [0.3, 0.4) is 0 Å². The molecule has 2 aromatic heterocycles. The van der Waals surface area contributed by atoms with Crippen LogP contribution in [0.4, 0.5) is 0 Å². The number of aromatic nitrogens is 6. The summed E-state index contributed by atoms with van der Waals surface area (Å²) in [6, 6.07) is 0. The molecule has 7 heteroatoms. The molecule has 0 aliphatic carbocycles. The smallest absolute Gasteiger partial charge is 0.161 e. The molecular weight excluding hydrogens is 136 g/mol. The van der Waals surface area contributed by atoms with Crippen molar-refractivity contribution in [2.24, 2.45) is 0 Å². The van der Waals surface area contributed by atoms with Gasteiger partial charge in [-0.3, -0.25) is 0 Å². The van der Waals surface area contributed by atoms with Crippen LogP contribution in [0.5, 0.6) is 0 Å². The van der Waals surface area contributed by atoms with E-state index in [-0.39, 0.29) is 0 Å². The maximum absolute atomic E-state index is 4.22. The SMILES string of the molecule is c1conn1.c1nn[nH]n1. The monoisotopic (exact) mass is 140 g/mol. The Morgan fingerprint density at radius 1 is 1.30 bits per heavy atom. The lowest BCUT2D eigenvalue weighted by atomic mass is 11.0. The van der Waals surface area contributed by atoms with Crippen molar-refractivity contribution in [2.45, 2.75) is 0 Å². The molecule has 0 amide bonds. The molecular formula is C3H4N6O. The lowest BCUT2D eigenvalue weighted by Gasteiger charge is -1.45. The maximum atomic E-state index is 4.22. The molecule has 0 aliphatic heterocycles. The molecule has 1 N–H and O–H groups in total. The van der Waals surface area contributed by atoms with Gasteiger partial charge >= 0.3 is 0 Å². The van der Waals surface area contributed by atoms with Crippen molar-refractivity contribution in [1.29, 1.82) is 0 Å². The van der Waals surface area contributed by atoms with Gasteiger partial charge in [-0.05, 0) is 0 Å². The van der Waals surface area contributed by atoms with E-state index in [1.165, 1.54) is 18.8 Å². The van der Waals surface area contributed by atoms with E-state index in [0.29, 0.717) is 0 Å². The topological polar surface area (TPSA) is 93.4 Å². The van der Waals surface area contributed by atoms with Crippen LogP contribution < -0.4 is 0 Å². The second kappa shape index (κ2) is 4.13. The summed E-state index contributed by atoms with van der Waals surface area (Å²) in [6.45, 7) is 0. The van der Waals surface area contributed by atoms with Crippen LogP contribution >= 0.6 is 0 Å². The first-order valence-electron chi connectivity index (χ1n) is 2.37. The summed E-state index contributed by atoms with van der Waals surface area (Å²) in [7, 11) is 0. The van der Waals surface area contributed by atoms with Crippen molar-refractivity contribution in [3.05, 3.63) is 18.8 Å². The summed E-state index contributed by atoms with van der Waals surface area (Å²) in [5, 5.41) is 18.6. The highest BCUT2D eigenvalue weighted by Crippen LogP contribution is 1.64. The fraction of sp³-hybridized carbons (Fsp3) is 0. The predicted molar refractivity (Wildman–Crippen MR) is 28.5 cm³/mol. The van der Waals surface area contributed by atoms with E-state index in [4.69, 9.17) is 0 Å². The third-order valence-corrected chi connectivity index (χ3v) is 0.552. The molecule has 10 heavy (non-hydrogen) atoms. The number of nitrogens with zero attached hydrogens (tertiary/aromatic N) is 5. The van der Waals surface area contributed by atoms with E-state index in [2.05, 4.69) is 35.5 Å². The highest BCUT2D eigenvalue weighted by Gasteiger charge is 1.61. The lowest BCUT2D eigenvalue weighted by Crippen LogP contribution is -1.64. The zero-order chi connectivity index (χ0) is 7.07. The molecule has 0 radical (unpaired) electrons. The second-order valence-electron chi connectivity index (χ2n) is 1.15. The molecule has 0 aromatic carbocycles. The molecule has 0 fully saturated rings. The molecule has 0 spiro atoms. The number of nitrogens with one attached hydrogen (secondary N) is 1. The van der Waals surface area contributed by atoms with Crippen LogP contribution in [-0.2, 0) is 0 Å². The number of aromatic amines is 1. The molecule has 2 rings (SSSR count). The lowest BCUT2D eigenvalue weighted by molar-refractivity contribution is 0.393. The van der Waals surface area contributed by atoms with Gasteiger partial charge in [0.05, 0.1) is 6.20 Å². The Kier molecular flexibility index (Phi) is 2.61. The summed E-state index contributed by atoms with van der Waals surface area (Å²) >= 11 is 0. The highest BCUT2D eigenvalue weighted by atomic mass is 16.5. The Hall–Kier alpha value is -1.79. The molecule has 52 valence electrons. The molecule has 2 aromatic rings. The normalized spacial score (nSPS) is 8.00. The van der Waals surface area contributed by atoms with Gasteiger partial charge < -0.3 is 4.52 Å². The molecule has 0 aliphatic rings. The summed E-state index contributed by atoms with van der Waals surface area (Å²) in [4.78, 5) is 0. The van der Waals surface area contributed by atoms with E-state index in [0.717, 1.165) is 0 Å². The van der Waals surface area contributed by atoms with E-state index < -0.39 is 0 Å². The summed E-state index contributed by atoms with van der Waals surface area (Å²) in [5.41, 5.74) is 0. The average Bonchev–Trinajstić information content (AvgIpc) is 2.67. The Bertz CT molecular complexity index is 152. The number of H-pyrrole nitrogens is 1. The summed E-state index contributed by atoms with van der Waals surface area (Å²) in [5.74, 6) is 0. The van der Waals surface area contributed by atoms with Crippen LogP contribution in [0.1, 0.15) is 0 Å². The van der Waals surface area contributed by atoms with Gasteiger partial charge in [0.25, 0.3) is 0 Å². The molecule has 0 unspecified atom stereocenters. The van der Waals surface area contributed by atoms with Crippen LogP contribution in [0.2, 0.25) is 0 Å². The first kappa shape index (κ1) is 6.33. The molecule has 0 saturated carbocycles. The van der Waals surface area contributed by atoms with Crippen LogP contribution in [0, 0.1) is 0 Å². The molecule has 0 saturated heterocycles. The second-order valence-corrected chi connectivity index (χ2v) is 1.15. The van der Waals surface area contributed by atoms with E-state index in [9.17, 15) is 0 Å². The zero-order valence-corrected chi connectivity index (χ0v) is 4.88. The molecule has 0 bridgehead atoms. The van der Waals surface area contributed by atoms with Crippen LogP contribution in [-0.4, -0.2) is 31.0 Å². The highest BCUT2D eigenvalue weighted by molar-refractivity contribution is 4.48. The van der Waals surface area contributed by atoms with Crippen LogP contribution in [0.25, 0.3) is 0 Å². The Balaban J connectivity index is 0.0000001000. The third-order valence-electron chi connectivity index (χ3n) is 0.552. The van der Waals surface area contributed by atoms with Crippen molar-refractivity contribution < 1.29 is 4.52 Å². The first-order chi connectivity index (χ1) is 5.00. The van der Waals surface area contributed by atoms with Crippen molar-refractivity contribution in [3.8, 4) is 0 Å². The first-order valence-corrected chi connectivity index (χ1v) is 2.37. The van der Waals surface area contributed by atoms with E-state index in [1.54, 1.807) is 0 Å². The van der Waals surface area contributed by atoms with Gasteiger partial charge in [0.2, 0.25) is 0 Å². The average molecular weight is 140 g/mol. The summed E-state index contributed by atoms with van der Waals surface area (Å²) in [6.07, 6.45) is 4.21. The van der Waals surface area contributed by atoms with Gasteiger partial charge in [-0.2, -0.15) is 5.21 Å². The Morgan fingerprint density at radius 3 is 2.50 bits per heavy atom. The predicted octanol–water partition coefficient (Wildman–Crippen LogP) is -0.731. The number of rotatable bonds is 0. The number of hydrogen-bond donors (Lipinski definition) is 1. The Morgan fingerprint density at radius 2 is 2.30 bits per heavy atom. The minimum absolute atomic E-state index is 1.33. The number of tetrazole rings is 1. The fourth-order valence-electron chi connectivity index (χ4n) is 0.265. The van der Waals surface area contributed by atoms with Gasteiger partial charge in [0.15, 0.2) is 6.33 Å². The zero-order valence-electron chi connectivity index (χ0n) is 4.88. The van der Waals surface area contributed by atoms with Gasteiger partial charge in [-0.25, -0.2) is 0 Å². The Labute approximate surface area is 55.4 Å². The van der Waals surface area contributed by atoms with Gasteiger partial charge in [0.1, 0.15) is 6.26 Å². The third kappa shape index (κ3) is 2.50. The van der Waals surface area contributed by atoms with Gasteiger partial charge in [-0.1, -0.05) is 5.21 Å².